The number of carbonyl (C=O) groups excluding carboxylic acids is 1. The van der Waals surface area contributed by atoms with Gasteiger partial charge in [0.15, 0.2) is 0 Å². The van der Waals surface area contributed by atoms with Gasteiger partial charge in [-0.05, 0) is 6.07 Å². The molecule has 4 N–H and O–H groups in total. The van der Waals surface area contributed by atoms with Gasteiger partial charge < -0.3 is 11.5 Å². The zero-order valence-corrected chi connectivity index (χ0v) is 8.09. The molecule has 0 radical (unpaired) electrons. The number of hydrogen-bond acceptors (Lipinski definition) is 2. The lowest BCUT2D eigenvalue weighted by Crippen LogP contribution is -2.21. The number of primary amides is 1. The summed E-state index contributed by atoms with van der Waals surface area (Å²) in [4.78, 5) is 10.6. The predicted molar refractivity (Wildman–Crippen MR) is 52.1 cm³/mol. The minimum absolute atomic E-state index is 0.0116. The van der Waals surface area contributed by atoms with Gasteiger partial charge in [0.05, 0.1) is 5.02 Å². The summed E-state index contributed by atoms with van der Waals surface area (Å²) in [6.45, 7) is 0. The number of halogens is 2. The summed E-state index contributed by atoms with van der Waals surface area (Å²) in [5.74, 6) is -1.17. The average molecular weight is 217 g/mol. The third-order valence-corrected chi connectivity index (χ3v) is 2.09. The summed E-state index contributed by atoms with van der Waals surface area (Å²) in [7, 11) is 0. The van der Waals surface area contributed by atoms with Crippen molar-refractivity contribution >= 4 is 17.5 Å². The molecule has 0 aliphatic heterocycles. The molecule has 0 aliphatic carbocycles. The van der Waals surface area contributed by atoms with E-state index in [1.165, 1.54) is 12.1 Å². The van der Waals surface area contributed by atoms with Crippen molar-refractivity contribution in [1.29, 1.82) is 0 Å². The molecule has 1 atom stereocenters. The predicted octanol–water partition coefficient (Wildman–Crippen LogP) is 1.35. The molecule has 1 rings (SSSR count). The van der Waals surface area contributed by atoms with Crippen LogP contribution in [0.1, 0.15) is 18.0 Å². The maximum Gasteiger partial charge on any atom is 0.219 e. The Labute approximate surface area is 85.8 Å². The summed E-state index contributed by atoms with van der Waals surface area (Å²) in [5.41, 5.74) is 10.7. The lowest BCUT2D eigenvalue weighted by molar-refractivity contribution is -0.118. The van der Waals surface area contributed by atoms with Crippen molar-refractivity contribution < 1.29 is 9.18 Å². The molecule has 0 bridgehead atoms. The summed E-state index contributed by atoms with van der Waals surface area (Å²) in [6.07, 6.45) is -0.0999. The molecule has 0 spiro atoms. The van der Waals surface area contributed by atoms with Gasteiger partial charge in [0.1, 0.15) is 5.82 Å². The van der Waals surface area contributed by atoms with Crippen molar-refractivity contribution in [2.24, 2.45) is 11.5 Å². The van der Waals surface area contributed by atoms with Crippen LogP contribution in [0.4, 0.5) is 4.39 Å². The molecule has 76 valence electrons. The summed E-state index contributed by atoms with van der Waals surface area (Å²) in [5, 5.41) is -0.0116. The Bertz CT molecular complexity index is 357. The Kier molecular flexibility index (Phi) is 3.43. The van der Waals surface area contributed by atoms with Crippen LogP contribution in [0, 0.1) is 5.82 Å². The molecular weight excluding hydrogens is 207 g/mol. The van der Waals surface area contributed by atoms with E-state index in [4.69, 9.17) is 23.1 Å². The van der Waals surface area contributed by atoms with Crippen LogP contribution in [0.2, 0.25) is 5.02 Å². The van der Waals surface area contributed by atoms with Crippen molar-refractivity contribution in [3.63, 3.8) is 0 Å². The van der Waals surface area contributed by atoms with Crippen LogP contribution in [-0.2, 0) is 4.79 Å². The monoisotopic (exact) mass is 216 g/mol. The molecule has 1 amide bonds. The average Bonchev–Trinajstić information content (AvgIpc) is 2.08. The summed E-state index contributed by atoms with van der Waals surface area (Å²) >= 11 is 5.55. The van der Waals surface area contributed by atoms with Crippen molar-refractivity contribution in [2.45, 2.75) is 12.5 Å². The van der Waals surface area contributed by atoms with Gasteiger partial charge in [-0.15, -0.1) is 0 Å². The Hall–Kier alpha value is -1.13. The summed E-state index contributed by atoms with van der Waals surface area (Å²) in [6, 6.07) is 3.72. The normalized spacial score (nSPS) is 12.5. The van der Waals surface area contributed by atoms with Crippen LogP contribution in [0.5, 0.6) is 0 Å². The number of amides is 1. The van der Waals surface area contributed by atoms with Crippen molar-refractivity contribution in [1.82, 2.24) is 0 Å². The van der Waals surface area contributed by atoms with Gasteiger partial charge in [0.2, 0.25) is 5.91 Å². The molecule has 1 unspecified atom stereocenters. The van der Waals surface area contributed by atoms with Gasteiger partial charge in [-0.2, -0.15) is 0 Å². The largest absolute Gasteiger partial charge is 0.370 e. The fourth-order valence-electron chi connectivity index (χ4n) is 1.13. The maximum atomic E-state index is 13.3. The molecule has 14 heavy (non-hydrogen) atoms. The number of nitrogens with two attached hydrogens (primary N) is 2. The third-order valence-electron chi connectivity index (χ3n) is 1.80. The van der Waals surface area contributed by atoms with Crippen LogP contribution in [0.3, 0.4) is 0 Å². The van der Waals surface area contributed by atoms with Crippen LogP contribution >= 0.6 is 11.6 Å². The van der Waals surface area contributed by atoms with Gasteiger partial charge in [-0.25, -0.2) is 4.39 Å². The highest BCUT2D eigenvalue weighted by Crippen LogP contribution is 2.23. The number of carbonyl (C=O) groups is 1. The number of benzene rings is 1. The lowest BCUT2D eigenvalue weighted by atomic mass is 10.0. The Balaban J connectivity index is 2.95. The number of hydrogen-bond donors (Lipinski definition) is 2. The first-order valence-corrected chi connectivity index (χ1v) is 4.38. The molecule has 1 aromatic rings. The second kappa shape index (κ2) is 4.39. The van der Waals surface area contributed by atoms with E-state index >= 15 is 0 Å². The zero-order valence-electron chi connectivity index (χ0n) is 7.34. The van der Waals surface area contributed by atoms with Gasteiger partial charge in [0.25, 0.3) is 0 Å². The van der Waals surface area contributed by atoms with Crippen LogP contribution in [0.25, 0.3) is 0 Å². The first-order chi connectivity index (χ1) is 6.52. The van der Waals surface area contributed by atoms with Gasteiger partial charge in [0, 0.05) is 18.0 Å². The highest BCUT2D eigenvalue weighted by atomic mass is 35.5. The third kappa shape index (κ3) is 2.43. The molecule has 0 saturated heterocycles. The molecule has 0 fully saturated rings. The van der Waals surface area contributed by atoms with E-state index in [-0.39, 0.29) is 17.0 Å². The quantitative estimate of drug-likeness (QED) is 0.801. The molecule has 3 nitrogen and oxygen atoms in total. The van der Waals surface area contributed by atoms with E-state index in [1.54, 1.807) is 6.07 Å². The van der Waals surface area contributed by atoms with Crippen molar-refractivity contribution in [3.05, 3.63) is 34.6 Å². The zero-order chi connectivity index (χ0) is 10.7. The molecule has 0 heterocycles. The second-order valence-corrected chi connectivity index (χ2v) is 3.33. The first kappa shape index (κ1) is 10.9. The van der Waals surface area contributed by atoms with E-state index in [1.807, 2.05) is 0 Å². The van der Waals surface area contributed by atoms with Crippen molar-refractivity contribution in [2.75, 3.05) is 0 Å². The van der Waals surface area contributed by atoms with E-state index in [0.717, 1.165) is 0 Å². The highest BCUT2D eigenvalue weighted by molar-refractivity contribution is 6.30. The van der Waals surface area contributed by atoms with Gasteiger partial charge in [-0.3, -0.25) is 4.79 Å². The van der Waals surface area contributed by atoms with Gasteiger partial charge >= 0.3 is 0 Å². The minimum atomic E-state index is -0.744. The first-order valence-electron chi connectivity index (χ1n) is 4.00. The molecule has 0 aliphatic rings. The van der Waals surface area contributed by atoms with Gasteiger partial charge in [-0.1, -0.05) is 23.7 Å². The highest BCUT2D eigenvalue weighted by Gasteiger charge is 2.15. The fraction of sp³-hybridized carbons (Fsp3) is 0.222. The van der Waals surface area contributed by atoms with E-state index in [9.17, 15) is 9.18 Å². The summed E-state index contributed by atoms with van der Waals surface area (Å²) < 4.78 is 13.3. The fourth-order valence-corrected chi connectivity index (χ4v) is 1.32. The molecular formula is C9H10ClFN2O. The smallest absolute Gasteiger partial charge is 0.219 e. The molecule has 0 aromatic heterocycles. The minimum Gasteiger partial charge on any atom is -0.370 e. The maximum absolute atomic E-state index is 13.3. The van der Waals surface area contributed by atoms with E-state index in [0.29, 0.717) is 0 Å². The Morgan fingerprint density at radius 3 is 2.79 bits per heavy atom. The molecule has 1 aromatic carbocycles. The Morgan fingerprint density at radius 2 is 2.21 bits per heavy atom. The molecule has 5 heteroatoms. The molecule has 0 saturated carbocycles. The van der Waals surface area contributed by atoms with Crippen molar-refractivity contribution in [3.8, 4) is 0 Å². The lowest BCUT2D eigenvalue weighted by Gasteiger charge is -2.11. The van der Waals surface area contributed by atoms with Crippen LogP contribution < -0.4 is 11.5 Å². The van der Waals surface area contributed by atoms with Crippen LogP contribution in [0.15, 0.2) is 18.2 Å². The van der Waals surface area contributed by atoms with E-state index in [2.05, 4.69) is 0 Å². The van der Waals surface area contributed by atoms with E-state index < -0.39 is 17.8 Å². The standard InChI is InChI=1S/C9H10ClFN2O/c10-6-3-1-2-5(9(6)11)7(12)4-8(13)14/h1-3,7H,4,12H2,(H2,13,14). The van der Waals surface area contributed by atoms with Crippen LogP contribution in [-0.4, -0.2) is 5.91 Å². The second-order valence-electron chi connectivity index (χ2n) is 2.92. The topological polar surface area (TPSA) is 69.1 Å². The Morgan fingerprint density at radius 1 is 1.57 bits per heavy atom. The number of rotatable bonds is 3. The SMILES string of the molecule is NC(=O)CC(N)c1cccc(Cl)c1F.